The van der Waals surface area contributed by atoms with Crippen LogP contribution in [-0.4, -0.2) is 25.0 Å². The molecule has 4 nitrogen and oxygen atoms in total. The van der Waals surface area contributed by atoms with Crippen LogP contribution in [0.2, 0.25) is 0 Å². The van der Waals surface area contributed by atoms with Crippen molar-refractivity contribution < 1.29 is 9.21 Å². The smallest absolute Gasteiger partial charge is 0.256 e. The van der Waals surface area contributed by atoms with Gasteiger partial charge in [-0.2, -0.15) is 0 Å². The molecule has 2 rings (SSSR count). The van der Waals surface area contributed by atoms with E-state index in [0.717, 1.165) is 19.5 Å². The van der Waals surface area contributed by atoms with E-state index in [1.54, 1.807) is 6.07 Å². The van der Waals surface area contributed by atoms with E-state index in [0.29, 0.717) is 10.2 Å². The standard InChI is InChI=1S/C9H11BrN2O2/c10-8-7(2-4-14-8)9(13)12-6-1-3-11-5-6/h2,4,6,11H,1,3,5H2,(H,12,13). The Morgan fingerprint density at radius 2 is 2.57 bits per heavy atom. The molecule has 2 heterocycles. The minimum Gasteiger partial charge on any atom is -0.457 e. The maximum Gasteiger partial charge on any atom is 0.256 e. The molecule has 1 aromatic rings. The first-order valence-electron chi connectivity index (χ1n) is 4.52. The lowest BCUT2D eigenvalue weighted by atomic mass is 10.2. The van der Waals surface area contributed by atoms with Crippen LogP contribution in [-0.2, 0) is 0 Å². The number of amides is 1. The maximum absolute atomic E-state index is 11.7. The van der Waals surface area contributed by atoms with Gasteiger partial charge >= 0.3 is 0 Å². The van der Waals surface area contributed by atoms with Gasteiger partial charge in [0.25, 0.3) is 5.91 Å². The van der Waals surface area contributed by atoms with Crippen LogP contribution < -0.4 is 10.6 Å². The van der Waals surface area contributed by atoms with E-state index in [1.807, 2.05) is 0 Å². The first-order valence-corrected chi connectivity index (χ1v) is 5.31. The Hall–Kier alpha value is -0.810. The highest BCUT2D eigenvalue weighted by molar-refractivity contribution is 9.10. The molecule has 14 heavy (non-hydrogen) atoms. The molecule has 0 spiro atoms. The van der Waals surface area contributed by atoms with E-state index >= 15 is 0 Å². The van der Waals surface area contributed by atoms with Crippen molar-refractivity contribution in [2.75, 3.05) is 13.1 Å². The van der Waals surface area contributed by atoms with E-state index in [4.69, 9.17) is 4.42 Å². The number of rotatable bonds is 2. The predicted octanol–water partition coefficient (Wildman–Crippen LogP) is 1.13. The fourth-order valence-corrected chi connectivity index (χ4v) is 1.92. The number of hydrogen-bond acceptors (Lipinski definition) is 3. The van der Waals surface area contributed by atoms with Gasteiger partial charge in [0.15, 0.2) is 4.67 Å². The zero-order valence-corrected chi connectivity index (χ0v) is 9.13. The van der Waals surface area contributed by atoms with Gasteiger partial charge in [0.2, 0.25) is 0 Å². The van der Waals surface area contributed by atoms with Gasteiger partial charge in [0, 0.05) is 12.6 Å². The lowest BCUT2D eigenvalue weighted by Crippen LogP contribution is -2.36. The van der Waals surface area contributed by atoms with Crippen LogP contribution in [0.4, 0.5) is 0 Å². The van der Waals surface area contributed by atoms with Gasteiger partial charge in [-0.3, -0.25) is 4.79 Å². The van der Waals surface area contributed by atoms with Crippen molar-refractivity contribution in [1.29, 1.82) is 0 Å². The molecular formula is C9H11BrN2O2. The van der Waals surface area contributed by atoms with Crippen molar-refractivity contribution >= 4 is 21.8 Å². The Morgan fingerprint density at radius 3 is 3.14 bits per heavy atom. The molecule has 0 aromatic carbocycles. The molecule has 2 N–H and O–H groups in total. The molecule has 1 aliphatic rings. The minimum absolute atomic E-state index is 0.0840. The van der Waals surface area contributed by atoms with E-state index in [2.05, 4.69) is 26.6 Å². The second kappa shape index (κ2) is 4.14. The average molecular weight is 259 g/mol. The van der Waals surface area contributed by atoms with Gasteiger partial charge in [0.05, 0.1) is 11.8 Å². The summed E-state index contributed by atoms with van der Waals surface area (Å²) in [7, 11) is 0. The second-order valence-electron chi connectivity index (χ2n) is 3.27. The van der Waals surface area contributed by atoms with Crippen LogP contribution in [0.5, 0.6) is 0 Å². The van der Waals surface area contributed by atoms with Crippen molar-refractivity contribution in [3.8, 4) is 0 Å². The quantitative estimate of drug-likeness (QED) is 0.837. The van der Waals surface area contributed by atoms with Crippen LogP contribution in [0.25, 0.3) is 0 Å². The molecule has 1 unspecified atom stereocenters. The molecule has 1 aromatic heterocycles. The molecule has 5 heteroatoms. The highest BCUT2D eigenvalue weighted by atomic mass is 79.9. The van der Waals surface area contributed by atoms with Gasteiger partial charge in [0.1, 0.15) is 0 Å². The zero-order chi connectivity index (χ0) is 9.97. The summed E-state index contributed by atoms with van der Waals surface area (Å²) in [5.74, 6) is -0.0840. The zero-order valence-electron chi connectivity index (χ0n) is 7.55. The van der Waals surface area contributed by atoms with Crippen LogP contribution in [0.15, 0.2) is 21.4 Å². The van der Waals surface area contributed by atoms with Crippen molar-refractivity contribution in [3.63, 3.8) is 0 Å². The Balaban J connectivity index is 1.98. The lowest BCUT2D eigenvalue weighted by molar-refractivity contribution is 0.0938. The number of halogens is 1. The summed E-state index contributed by atoms with van der Waals surface area (Å²) < 4.78 is 5.48. The normalized spacial score (nSPS) is 21.1. The number of nitrogens with one attached hydrogen (secondary N) is 2. The maximum atomic E-state index is 11.7. The average Bonchev–Trinajstić information content (AvgIpc) is 2.75. The molecule has 0 radical (unpaired) electrons. The topological polar surface area (TPSA) is 54.3 Å². The van der Waals surface area contributed by atoms with Crippen LogP contribution in [0, 0.1) is 0 Å². The van der Waals surface area contributed by atoms with Gasteiger partial charge in [-0.1, -0.05) is 0 Å². The van der Waals surface area contributed by atoms with Gasteiger partial charge in [-0.05, 0) is 35.0 Å². The molecule has 1 atom stereocenters. The van der Waals surface area contributed by atoms with Crippen LogP contribution >= 0.6 is 15.9 Å². The van der Waals surface area contributed by atoms with Crippen molar-refractivity contribution in [2.24, 2.45) is 0 Å². The van der Waals surface area contributed by atoms with Gasteiger partial charge in [-0.25, -0.2) is 0 Å². The molecule has 0 saturated carbocycles. The Bertz CT molecular complexity index is 331. The van der Waals surface area contributed by atoms with Crippen molar-refractivity contribution in [3.05, 3.63) is 22.6 Å². The highest BCUT2D eigenvalue weighted by Crippen LogP contribution is 2.17. The molecule has 0 bridgehead atoms. The Kier molecular flexibility index (Phi) is 2.88. The summed E-state index contributed by atoms with van der Waals surface area (Å²) in [6.07, 6.45) is 2.48. The van der Waals surface area contributed by atoms with Crippen molar-refractivity contribution in [1.82, 2.24) is 10.6 Å². The summed E-state index contributed by atoms with van der Waals surface area (Å²) in [5, 5.41) is 6.12. The van der Waals surface area contributed by atoms with Gasteiger partial charge in [-0.15, -0.1) is 0 Å². The summed E-state index contributed by atoms with van der Waals surface area (Å²) in [4.78, 5) is 11.7. The molecule has 76 valence electrons. The first-order chi connectivity index (χ1) is 6.77. The molecule has 0 aliphatic carbocycles. The number of carbonyl (C=O) groups excluding carboxylic acids is 1. The third kappa shape index (κ3) is 1.99. The molecule has 1 aliphatic heterocycles. The summed E-state index contributed by atoms with van der Waals surface area (Å²) in [5.41, 5.74) is 0.553. The monoisotopic (exact) mass is 258 g/mol. The van der Waals surface area contributed by atoms with E-state index in [9.17, 15) is 4.79 Å². The molecule has 1 amide bonds. The third-order valence-corrected chi connectivity index (χ3v) is 2.87. The summed E-state index contributed by atoms with van der Waals surface area (Å²) in [6.45, 7) is 1.82. The first kappa shape index (κ1) is 9.73. The molecular weight excluding hydrogens is 248 g/mol. The second-order valence-corrected chi connectivity index (χ2v) is 3.99. The Labute approximate surface area is 90.2 Å². The minimum atomic E-state index is -0.0840. The number of hydrogen-bond donors (Lipinski definition) is 2. The number of carbonyl (C=O) groups is 1. The molecule has 1 fully saturated rings. The highest BCUT2D eigenvalue weighted by Gasteiger charge is 2.19. The Morgan fingerprint density at radius 1 is 1.71 bits per heavy atom. The van der Waals surface area contributed by atoms with Crippen LogP contribution in [0.3, 0.4) is 0 Å². The SMILES string of the molecule is O=C(NC1CCNC1)c1ccoc1Br. The van der Waals surface area contributed by atoms with E-state index in [-0.39, 0.29) is 11.9 Å². The number of furan rings is 1. The predicted molar refractivity (Wildman–Crippen MR) is 55.1 cm³/mol. The van der Waals surface area contributed by atoms with Crippen LogP contribution in [0.1, 0.15) is 16.8 Å². The van der Waals surface area contributed by atoms with E-state index in [1.165, 1.54) is 6.26 Å². The largest absolute Gasteiger partial charge is 0.457 e. The summed E-state index contributed by atoms with van der Waals surface area (Å²) >= 11 is 3.17. The molecule has 1 saturated heterocycles. The fourth-order valence-electron chi connectivity index (χ4n) is 1.50. The van der Waals surface area contributed by atoms with Gasteiger partial charge < -0.3 is 15.1 Å². The third-order valence-electron chi connectivity index (χ3n) is 2.26. The van der Waals surface area contributed by atoms with E-state index < -0.39 is 0 Å². The fraction of sp³-hybridized carbons (Fsp3) is 0.444. The summed E-state index contributed by atoms with van der Waals surface area (Å²) in [6, 6.07) is 1.89. The van der Waals surface area contributed by atoms with Crippen molar-refractivity contribution in [2.45, 2.75) is 12.5 Å². The lowest BCUT2D eigenvalue weighted by Gasteiger charge is -2.09.